The summed E-state index contributed by atoms with van der Waals surface area (Å²) >= 11 is 5.95. The average Bonchev–Trinajstić information content (AvgIpc) is 2.56. The zero-order chi connectivity index (χ0) is 17.9. The summed E-state index contributed by atoms with van der Waals surface area (Å²) in [7, 11) is 0. The van der Waals surface area contributed by atoms with Crippen LogP contribution in [0.2, 0.25) is 5.02 Å². The lowest BCUT2D eigenvalue weighted by atomic mass is 10.1. The molecule has 3 rings (SSSR count). The second-order valence-electron chi connectivity index (χ2n) is 6.68. The van der Waals surface area contributed by atoms with E-state index in [9.17, 15) is 0 Å². The quantitative estimate of drug-likeness (QED) is 0.679. The Morgan fingerprint density at radius 2 is 1.68 bits per heavy atom. The minimum absolute atomic E-state index is 0.152. The minimum atomic E-state index is -0.152. The van der Waals surface area contributed by atoms with Crippen molar-refractivity contribution in [1.29, 1.82) is 0 Å². The Morgan fingerprint density at radius 3 is 2.32 bits per heavy atom. The number of nitrogens with zero attached hydrogens (tertiary/aromatic N) is 3. The van der Waals surface area contributed by atoms with Crippen LogP contribution in [0.1, 0.15) is 20.8 Å². The van der Waals surface area contributed by atoms with Gasteiger partial charge in [0.05, 0.1) is 11.4 Å². The molecule has 5 nitrogen and oxygen atoms in total. The lowest BCUT2D eigenvalue weighted by Gasteiger charge is -2.21. The minimum Gasteiger partial charge on any atom is -0.350 e. The predicted molar refractivity (Wildman–Crippen MR) is 103 cm³/mol. The van der Waals surface area contributed by atoms with Gasteiger partial charge >= 0.3 is 0 Å². The Bertz CT molecular complexity index is 842. The highest BCUT2D eigenvalue weighted by molar-refractivity contribution is 6.30. The van der Waals surface area contributed by atoms with Crippen molar-refractivity contribution in [3.05, 3.63) is 59.8 Å². The number of halogens is 1. The van der Waals surface area contributed by atoms with Gasteiger partial charge in [0.1, 0.15) is 5.82 Å². The van der Waals surface area contributed by atoms with Crippen molar-refractivity contribution in [3.63, 3.8) is 0 Å². The van der Waals surface area contributed by atoms with Gasteiger partial charge < -0.3 is 10.6 Å². The van der Waals surface area contributed by atoms with Crippen molar-refractivity contribution in [3.8, 4) is 11.4 Å². The highest BCUT2D eigenvalue weighted by atomic mass is 35.5. The van der Waals surface area contributed by atoms with E-state index in [1.54, 1.807) is 6.20 Å². The summed E-state index contributed by atoms with van der Waals surface area (Å²) in [6.07, 6.45) is 1.75. The molecule has 25 heavy (non-hydrogen) atoms. The van der Waals surface area contributed by atoms with Gasteiger partial charge in [-0.3, -0.25) is 4.98 Å². The van der Waals surface area contributed by atoms with Gasteiger partial charge in [0, 0.05) is 28.5 Å². The van der Waals surface area contributed by atoms with Crippen LogP contribution in [0.3, 0.4) is 0 Å². The third-order valence-electron chi connectivity index (χ3n) is 3.26. The molecule has 0 amide bonds. The SMILES string of the molecule is CC(C)(C)Nc1nc(Nc2ccc(Cl)cc2)cc(-c2ccccn2)n1. The first-order valence-electron chi connectivity index (χ1n) is 8.00. The Kier molecular flexibility index (Phi) is 4.86. The van der Waals surface area contributed by atoms with E-state index in [4.69, 9.17) is 11.6 Å². The van der Waals surface area contributed by atoms with Crippen LogP contribution >= 0.6 is 11.6 Å². The molecule has 0 aliphatic carbocycles. The normalized spacial score (nSPS) is 11.2. The lowest BCUT2D eigenvalue weighted by Crippen LogP contribution is -2.27. The van der Waals surface area contributed by atoms with E-state index in [1.807, 2.05) is 48.5 Å². The number of hydrogen-bond acceptors (Lipinski definition) is 5. The Hall–Kier alpha value is -2.66. The van der Waals surface area contributed by atoms with E-state index in [0.29, 0.717) is 16.8 Å². The Labute approximate surface area is 152 Å². The molecule has 0 aliphatic rings. The van der Waals surface area contributed by atoms with E-state index in [1.165, 1.54) is 0 Å². The largest absolute Gasteiger partial charge is 0.350 e. The standard InChI is InChI=1S/C19H20ClN5/c1-19(2,3)25-18-23-16(15-6-4-5-11-21-15)12-17(24-18)22-14-9-7-13(20)8-10-14/h4-12H,1-3H3,(H2,22,23,24,25). The third kappa shape index (κ3) is 4.90. The molecule has 0 bridgehead atoms. The summed E-state index contributed by atoms with van der Waals surface area (Å²) in [6, 6.07) is 15.1. The van der Waals surface area contributed by atoms with Crippen LogP contribution in [0.4, 0.5) is 17.5 Å². The summed E-state index contributed by atoms with van der Waals surface area (Å²) in [6.45, 7) is 6.20. The van der Waals surface area contributed by atoms with Gasteiger partial charge in [-0.1, -0.05) is 17.7 Å². The second kappa shape index (κ2) is 7.07. The summed E-state index contributed by atoms with van der Waals surface area (Å²) in [5.41, 5.74) is 2.29. The summed E-state index contributed by atoms with van der Waals surface area (Å²) in [5.74, 6) is 1.23. The van der Waals surface area contributed by atoms with Gasteiger partial charge in [-0.15, -0.1) is 0 Å². The summed E-state index contributed by atoms with van der Waals surface area (Å²) in [5, 5.41) is 7.30. The maximum Gasteiger partial charge on any atom is 0.225 e. The molecular weight excluding hydrogens is 334 g/mol. The van der Waals surface area contributed by atoms with Crippen LogP contribution in [-0.2, 0) is 0 Å². The molecule has 128 valence electrons. The van der Waals surface area contributed by atoms with Crippen molar-refractivity contribution in [2.45, 2.75) is 26.3 Å². The monoisotopic (exact) mass is 353 g/mol. The summed E-state index contributed by atoms with van der Waals surface area (Å²) < 4.78 is 0. The van der Waals surface area contributed by atoms with Crippen molar-refractivity contribution < 1.29 is 0 Å². The molecule has 0 unspecified atom stereocenters. The number of aromatic nitrogens is 3. The van der Waals surface area contributed by atoms with Crippen LogP contribution in [0.15, 0.2) is 54.7 Å². The van der Waals surface area contributed by atoms with Crippen molar-refractivity contribution in [2.24, 2.45) is 0 Å². The number of hydrogen-bond donors (Lipinski definition) is 2. The van der Waals surface area contributed by atoms with E-state index in [0.717, 1.165) is 17.1 Å². The van der Waals surface area contributed by atoms with Crippen molar-refractivity contribution in [2.75, 3.05) is 10.6 Å². The zero-order valence-electron chi connectivity index (χ0n) is 14.4. The first-order valence-corrected chi connectivity index (χ1v) is 8.38. The molecule has 0 saturated heterocycles. The molecule has 1 aromatic carbocycles. The van der Waals surface area contributed by atoms with Crippen LogP contribution in [0, 0.1) is 0 Å². The highest BCUT2D eigenvalue weighted by Gasteiger charge is 2.14. The van der Waals surface area contributed by atoms with E-state index in [2.05, 4.69) is 46.4 Å². The number of nitrogens with one attached hydrogen (secondary N) is 2. The van der Waals surface area contributed by atoms with Gasteiger partial charge in [0.25, 0.3) is 0 Å². The first-order chi connectivity index (χ1) is 11.9. The smallest absolute Gasteiger partial charge is 0.225 e. The fraction of sp³-hybridized carbons (Fsp3) is 0.211. The van der Waals surface area contributed by atoms with Crippen LogP contribution in [-0.4, -0.2) is 20.5 Å². The molecule has 0 spiro atoms. The van der Waals surface area contributed by atoms with Gasteiger partial charge in [0.15, 0.2) is 0 Å². The molecule has 0 aliphatic heterocycles. The molecule has 2 heterocycles. The number of anilines is 3. The molecule has 2 N–H and O–H groups in total. The van der Waals surface area contributed by atoms with Crippen molar-refractivity contribution >= 4 is 29.1 Å². The van der Waals surface area contributed by atoms with Crippen LogP contribution < -0.4 is 10.6 Å². The van der Waals surface area contributed by atoms with E-state index in [-0.39, 0.29) is 5.54 Å². The number of pyridine rings is 1. The van der Waals surface area contributed by atoms with Crippen LogP contribution in [0.25, 0.3) is 11.4 Å². The van der Waals surface area contributed by atoms with Gasteiger partial charge in [-0.05, 0) is 57.2 Å². The average molecular weight is 354 g/mol. The Morgan fingerprint density at radius 1 is 0.920 bits per heavy atom. The highest BCUT2D eigenvalue weighted by Crippen LogP contribution is 2.24. The molecular formula is C19H20ClN5. The van der Waals surface area contributed by atoms with E-state index < -0.39 is 0 Å². The maximum absolute atomic E-state index is 5.95. The fourth-order valence-electron chi connectivity index (χ4n) is 2.23. The number of benzene rings is 1. The fourth-order valence-corrected chi connectivity index (χ4v) is 2.36. The van der Waals surface area contributed by atoms with Crippen LogP contribution in [0.5, 0.6) is 0 Å². The molecule has 0 saturated carbocycles. The molecule has 6 heteroatoms. The maximum atomic E-state index is 5.95. The van der Waals surface area contributed by atoms with Gasteiger partial charge in [-0.25, -0.2) is 4.98 Å². The first kappa shape index (κ1) is 17.2. The van der Waals surface area contributed by atoms with Crippen molar-refractivity contribution in [1.82, 2.24) is 15.0 Å². The predicted octanol–water partition coefficient (Wildman–Crippen LogP) is 5.15. The molecule has 0 atom stereocenters. The third-order valence-corrected chi connectivity index (χ3v) is 3.51. The number of rotatable bonds is 4. The van der Waals surface area contributed by atoms with E-state index >= 15 is 0 Å². The lowest BCUT2D eigenvalue weighted by molar-refractivity contribution is 0.626. The molecule has 2 aromatic heterocycles. The van der Waals surface area contributed by atoms with Gasteiger partial charge in [0.2, 0.25) is 5.95 Å². The second-order valence-corrected chi connectivity index (χ2v) is 7.12. The molecule has 0 radical (unpaired) electrons. The topological polar surface area (TPSA) is 62.7 Å². The van der Waals surface area contributed by atoms with Gasteiger partial charge in [-0.2, -0.15) is 4.98 Å². The summed E-state index contributed by atoms with van der Waals surface area (Å²) in [4.78, 5) is 13.5. The Balaban J connectivity index is 1.98. The zero-order valence-corrected chi connectivity index (χ0v) is 15.2. The molecule has 3 aromatic rings. The molecule has 0 fully saturated rings.